The van der Waals surface area contributed by atoms with Gasteiger partial charge in [-0.15, -0.1) is 0 Å². The molecule has 0 radical (unpaired) electrons. The normalized spacial score (nSPS) is 12.9. The van der Waals surface area contributed by atoms with Crippen molar-refractivity contribution in [3.63, 3.8) is 0 Å². The van der Waals surface area contributed by atoms with E-state index in [2.05, 4.69) is 30.6 Å². The summed E-state index contributed by atoms with van der Waals surface area (Å²) >= 11 is 0. The predicted octanol–water partition coefficient (Wildman–Crippen LogP) is 2.74. The van der Waals surface area contributed by atoms with Crippen molar-refractivity contribution in [2.75, 3.05) is 23.4 Å². The number of fused-ring (bicyclic) bond motifs is 1. The maximum absolute atomic E-state index is 12.3. The zero-order valence-corrected chi connectivity index (χ0v) is 19.1. The maximum atomic E-state index is 12.3. The summed E-state index contributed by atoms with van der Waals surface area (Å²) in [5.74, 6) is 0.0276. The van der Waals surface area contributed by atoms with Crippen LogP contribution in [-0.2, 0) is 16.8 Å². The lowest BCUT2D eigenvalue weighted by atomic mass is 10.1. The minimum absolute atomic E-state index is 0.0566. The van der Waals surface area contributed by atoms with Gasteiger partial charge in [-0.1, -0.05) is 6.92 Å². The largest absolute Gasteiger partial charge is 0.371 e. The van der Waals surface area contributed by atoms with Gasteiger partial charge in [-0.05, 0) is 24.3 Å². The molecule has 1 aromatic carbocycles. The molecular formula is C21H23N9O2S. The van der Waals surface area contributed by atoms with E-state index in [1.54, 1.807) is 57.0 Å². The van der Waals surface area contributed by atoms with Crippen LogP contribution < -0.4 is 16.4 Å². The van der Waals surface area contributed by atoms with E-state index in [0.717, 1.165) is 5.52 Å². The van der Waals surface area contributed by atoms with Crippen molar-refractivity contribution in [3.8, 4) is 11.3 Å². The summed E-state index contributed by atoms with van der Waals surface area (Å²) in [5, 5.41) is 6.05. The first-order chi connectivity index (χ1) is 15.7. The standard InChI is InChI=1S/C21H23N9O2S/c1-4-33(23,32)13-7-5-12(6-8-13)27-21-18(19(22)31)28-17(20(24-2)29-21)14-9-25-10-15-16(14)26-11-30(15)3/h5-11,23H,4H2,1-3H3,(H2,22,31)(H2,24,27,29)/t33-/m1/s1. The van der Waals surface area contributed by atoms with Gasteiger partial charge in [0.05, 0.1) is 33.3 Å². The fourth-order valence-corrected chi connectivity index (χ4v) is 4.24. The Morgan fingerprint density at radius 1 is 1.18 bits per heavy atom. The number of anilines is 3. The molecule has 4 aromatic rings. The van der Waals surface area contributed by atoms with Crippen LogP contribution in [0.1, 0.15) is 17.4 Å². The van der Waals surface area contributed by atoms with Gasteiger partial charge >= 0.3 is 0 Å². The second-order valence-electron chi connectivity index (χ2n) is 7.26. The number of nitrogens with zero attached hydrogens (tertiary/aromatic N) is 5. The van der Waals surface area contributed by atoms with Crippen LogP contribution in [0.15, 0.2) is 47.9 Å². The van der Waals surface area contributed by atoms with Gasteiger partial charge < -0.3 is 20.9 Å². The fourth-order valence-electron chi connectivity index (χ4n) is 3.33. The molecule has 11 nitrogen and oxygen atoms in total. The van der Waals surface area contributed by atoms with Crippen molar-refractivity contribution < 1.29 is 9.00 Å². The van der Waals surface area contributed by atoms with E-state index < -0.39 is 15.6 Å². The van der Waals surface area contributed by atoms with Gasteiger partial charge in [-0.3, -0.25) is 9.78 Å². The Morgan fingerprint density at radius 2 is 1.91 bits per heavy atom. The highest BCUT2D eigenvalue weighted by Crippen LogP contribution is 2.32. The lowest BCUT2D eigenvalue weighted by Gasteiger charge is -2.15. The zero-order valence-electron chi connectivity index (χ0n) is 18.3. The number of aryl methyl sites for hydroxylation is 1. The molecule has 12 heteroatoms. The molecule has 0 aliphatic carbocycles. The highest BCUT2D eigenvalue weighted by atomic mass is 32.2. The number of hydrogen-bond donors (Lipinski definition) is 4. The van der Waals surface area contributed by atoms with Gasteiger partial charge in [-0.25, -0.2) is 23.9 Å². The van der Waals surface area contributed by atoms with E-state index in [4.69, 9.17) is 10.5 Å². The third-order valence-electron chi connectivity index (χ3n) is 5.16. The highest BCUT2D eigenvalue weighted by Gasteiger charge is 2.21. The molecule has 0 fully saturated rings. The summed E-state index contributed by atoms with van der Waals surface area (Å²) in [4.78, 5) is 30.4. The van der Waals surface area contributed by atoms with Crippen molar-refractivity contribution in [1.82, 2.24) is 24.5 Å². The van der Waals surface area contributed by atoms with Crippen molar-refractivity contribution >= 4 is 44.0 Å². The van der Waals surface area contributed by atoms with E-state index in [9.17, 15) is 9.00 Å². The van der Waals surface area contributed by atoms with Gasteiger partial charge in [0.15, 0.2) is 17.3 Å². The molecule has 0 aliphatic rings. The Labute approximate surface area is 190 Å². The Balaban J connectivity index is 1.80. The number of rotatable bonds is 7. The Kier molecular flexibility index (Phi) is 5.68. The number of pyridine rings is 1. The monoisotopic (exact) mass is 465 g/mol. The van der Waals surface area contributed by atoms with Crippen LogP contribution in [0.2, 0.25) is 0 Å². The molecular weight excluding hydrogens is 442 g/mol. The number of carbonyl (C=O) groups is 1. The zero-order chi connectivity index (χ0) is 23.8. The first-order valence-corrected chi connectivity index (χ1v) is 11.8. The van der Waals surface area contributed by atoms with Gasteiger partial charge in [0, 0.05) is 36.6 Å². The summed E-state index contributed by atoms with van der Waals surface area (Å²) < 4.78 is 22.0. The number of amides is 1. The molecule has 0 unspecified atom stereocenters. The lowest BCUT2D eigenvalue weighted by Crippen LogP contribution is -2.18. The molecule has 3 aromatic heterocycles. The molecule has 0 spiro atoms. The number of nitrogens with one attached hydrogen (secondary N) is 3. The predicted molar refractivity (Wildman–Crippen MR) is 127 cm³/mol. The van der Waals surface area contributed by atoms with Gasteiger partial charge in [0.2, 0.25) is 0 Å². The third kappa shape index (κ3) is 4.07. The topological polar surface area (TPSA) is 165 Å². The molecule has 1 atom stereocenters. The van der Waals surface area contributed by atoms with Crippen LogP contribution in [0.4, 0.5) is 17.3 Å². The summed E-state index contributed by atoms with van der Waals surface area (Å²) in [6, 6.07) is 6.55. The quantitative estimate of drug-likeness (QED) is 0.323. The Bertz CT molecular complexity index is 1460. The van der Waals surface area contributed by atoms with Crippen molar-refractivity contribution in [3.05, 3.63) is 48.7 Å². The number of nitrogens with two attached hydrogens (primary N) is 1. The first-order valence-electron chi connectivity index (χ1n) is 10.0. The SMILES string of the molecule is CC[S@@](=N)(=O)c1ccc(Nc2nc(NC)c(-c3cncc4c3ncn4C)nc2C(N)=O)cc1. The number of carbonyl (C=O) groups excluding carboxylic acids is 1. The molecule has 170 valence electrons. The van der Waals surface area contributed by atoms with E-state index in [1.807, 2.05) is 11.6 Å². The number of benzene rings is 1. The summed E-state index contributed by atoms with van der Waals surface area (Å²) in [6.07, 6.45) is 4.98. The Hall–Kier alpha value is -4.06. The molecule has 3 heterocycles. The highest BCUT2D eigenvalue weighted by molar-refractivity contribution is 7.92. The smallest absolute Gasteiger partial charge is 0.271 e. The first kappa shape index (κ1) is 22.1. The summed E-state index contributed by atoms with van der Waals surface area (Å²) in [7, 11) is 0.725. The number of aromatic nitrogens is 5. The Morgan fingerprint density at radius 3 is 2.55 bits per heavy atom. The number of hydrogen-bond acceptors (Lipinski definition) is 9. The van der Waals surface area contributed by atoms with E-state index >= 15 is 0 Å². The summed E-state index contributed by atoms with van der Waals surface area (Å²) in [6.45, 7) is 1.71. The average molecular weight is 466 g/mol. The second kappa shape index (κ2) is 8.47. The summed E-state index contributed by atoms with van der Waals surface area (Å²) in [5.41, 5.74) is 8.60. The molecule has 0 aliphatic heterocycles. The van der Waals surface area contributed by atoms with Gasteiger partial charge in [-0.2, -0.15) is 0 Å². The van der Waals surface area contributed by atoms with Crippen LogP contribution in [0, 0.1) is 4.78 Å². The number of primary amides is 1. The van der Waals surface area contributed by atoms with Crippen molar-refractivity contribution in [1.29, 1.82) is 4.78 Å². The van der Waals surface area contributed by atoms with Gasteiger partial charge in [0.25, 0.3) is 5.91 Å². The van der Waals surface area contributed by atoms with Crippen LogP contribution >= 0.6 is 0 Å². The second-order valence-corrected chi connectivity index (χ2v) is 9.66. The third-order valence-corrected chi connectivity index (χ3v) is 7.01. The molecule has 4 rings (SSSR count). The van der Waals surface area contributed by atoms with E-state index in [0.29, 0.717) is 33.2 Å². The molecule has 0 saturated carbocycles. The number of imidazole rings is 1. The van der Waals surface area contributed by atoms with Crippen LogP contribution in [-0.4, -0.2) is 47.4 Å². The molecule has 0 saturated heterocycles. The average Bonchev–Trinajstić information content (AvgIpc) is 3.20. The maximum Gasteiger partial charge on any atom is 0.271 e. The van der Waals surface area contributed by atoms with Gasteiger partial charge in [0.1, 0.15) is 11.2 Å². The fraction of sp³-hybridized carbons (Fsp3) is 0.190. The minimum atomic E-state index is -2.83. The van der Waals surface area contributed by atoms with E-state index in [-0.39, 0.29) is 17.3 Å². The van der Waals surface area contributed by atoms with Crippen LogP contribution in [0.3, 0.4) is 0 Å². The lowest BCUT2D eigenvalue weighted by molar-refractivity contribution is 0.0996. The van der Waals surface area contributed by atoms with Crippen molar-refractivity contribution in [2.45, 2.75) is 11.8 Å². The molecule has 5 N–H and O–H groups in total. The molecule has 1 amide bonds. The molecule has 0 bridgehead atoms. The molecule has 33 heavy (non-hydrogen) atoms. The van der Waals surface area contributed by atoms with Crippen molar-refractivity contribution in [2.24, 2.45) is 12.8 Å². The minimum Gasteiger partial charge on any atom is -0.371 e. The van der Waals surface area contributed by atoms with E-state index in [1.165, 1.54) is 0 Å². The van der Waals surface area contributed by atoms with Crippen LogP contribution in [0.25, 0.3) is 22.3 Å². The van der Waals surface area contributed by atoms with Crippen LogP contribution in [0.5, 0.6) is 0 Å².